The molecule has 0 spiro atoms. The fourth-order valence-corrected chi connectivity index (χ4v) is 3.37. The topological polar surface area (TPSA) is 12.0 Å². The zero-order valence-electron chi connectivity index (χ0n) is 8.34. The molecule has 12 heavy (non-hydrogen) atoms. The van der Waals surface area contributed by atoms with Crippen molar-refractivity contribution < 1.29 is 0 Å². The fourth-order valence-electron chi connectivity index (χ4n) is 3.37. The zero-order valence-corrected chi connectivity index (χ0v) is 8.34. The Hall–Kier alpha value is -0.0400. The molecule has 2 atom stereocenters. The summed E-state index contributed by atoms with van der Waals surface area (Å²) >= 11 is 0. The molecule has 0 amide bonds. The molecule has 0 aromatic heterocycles. The first-order valence-electron chi connectivity index (χ1n) is 5.53. The van der Waals surface area contributed by atoms with Crippen LogP contribution in [0.4, 0.5) is 0 Å². The molecule has 2 aliphatic rings. The Labute approximate surface area is 75.9 Å². The summed E-state index contributed by atoms with van der Waals surface area (Å²) in [5, 5.41) is 3.59. The molecule has 1 nitrogen and oxygen atoms in total. The van der Waals surface area contributed by atoms with Gasteiger partial charge in [0.2, 0.25) is 0 Å². The first kappa shape index (κ1) is 8.55. The van der Waals surface area contributed by atoms with Gasteiger partial charge in [0.25, 0.3) is 0 Å². The Morgan fingerprint density at radius 3 is 2.17 bits per heavy atom. The Morgan fingerprint density at radius 2 is 1.67 bits per heavy atom. The van der Waals surface area contributed by atoms with Crippen molar-refractivity contribution in [2.45, 2.75) is 45.6 Å². The van der Waals surface area contributed by atoms with Crippen molar-refractivity contribution in [1.82, 2.24) is 5.32 Å². The van der Waals surface area contributed by atoms with E-state index >= 15 is 0 Å². The van der Waals surface area contributed by atoms with Gasteiger partial charge in [0.15, 0.2) is 0 Å². The number of hydrogen-bond donors (Lipinski definition) is 1. The predicted octanol–water partition coefficient (Wildman–Crippen LogP) is 2.42. The summed E-state index contributed by atoms with van der Waals surface area (Å²) in [4.78, 5) is 0. The highest BCUT2D eigenvalue weighted by atomic mass is 14.9. The van der Waals surface area contributed by atoms with Gasteiger partial charge in [-0.1, -0.05) is 13.8 Å². The lowest BCUT2D eigenvalue weighted by atomic mass is 10.0. The molecule has 70 valence electrons. The molecule has 0 bridgehead atoms. The van der Waals surface area contributed by atoms with Gasteiger partial charge in [0.05, 0.1) is 0 Å². The Bertz CT molecular complexity index is 141. The van der Waals surface area contributed by atoms with Crippen LogP contribution >= 0.6 is 0 Å². The standard InChI is InChI=1S/C11H21N/c1-3-12-11-6-9-4-8(2)5-10(9)7-11/h8-12H,3-7H2,1-2H3. The molecule has 0 saturated heterocycles. The van der Waals surface area contributed by atoms with Crippen molar-refractivity contribution in [2.75, 3.05) is 6.54 Å². The van der Waals surface area contributed by atoms with Crippen molar-refractivity contribution in [3.8, 4) is 0 Å². The third kappa shape index (κ3) is 1.52. The summed E-state index contributed by atoms with van der Waals surface area (Å²) in [5.74, 6) is 3.16. The minimum atomic E-state index is 0.859. The van der Waals surface area contributed by atoms with Crippen molar-refractivity contribution >= 4 is 0 Å². The minimum absolute atomic E-state index is 0.859. The summed E-state index contributed by atoms with van der Waals surface area (Å²) in [6.45, 7) is 5.79. The van der Waals surface area contributed by atoms with Gasteiger partial charge < -0.3 is 5.32 Å². The fraction of sp³-hybridized carbons (Fsp3) is 1.00. The maximum absolute atomic E-state index is 3.59. The van der Waals surface area contributed by atoms with Crippen molar-refractivity contribution in [3.05, 3.63) is 0 Å². The van der Waals surface area contributed by atoms with Crippen molar-refractivity contribution in [2.24, 2.45) is 17.8 Å². The monoisotopic (exact) mass is 167 g/mol. The molecule has 0 radical (unpaired) electrons. The lowest BCUT2D eigenvalue weighted by Gasteiger charge is -2.12. The van der Waals surface area contributed by atoms with Crippen molar-refractivity contribution in [3.63, 3.8) is 0 Å². The maximum Gasteiger partial charge on any atom is 0.00724 e. The zero-order chi connectivity index (χ0) is 8.55. The first-order chi connectivity index (χ1) is 5.79. The Balaban J connectivity index is 1.85. The second-order valence-electron chi connectivity index (χ2n) is 4.82. The second-order valence-corrected chi connectivity index (χ2v) is 4.82. The van der Waals surface area contributed by atoms with E-state index < -0.39 is 0 Å². The molecule has 1 N–H and O–H groups in total. The summed E-state index contributed by atoms with van der Waals surface area (Å²) in [6, 6.07) is 0.859. The Morgan fingerprint density at radius 1 is 1.08 bits per heavy atom. The van der Waals surface area contributed by atoms with Crippen LogP contribution in [0.2, 0.25) is 0 Å². The van der Waals surface area contributed by atoms with Gasteiger partial charge in [-0.15, -0.1) is 0 Å². The molecule has 2 aliphatic carbocycles. The van der Waals surface area contributed by atoms with Gasteiger partial charge in [0, 0.05) is 6.04 Å². The highest BCUT2D eigenvalue weighted by Crippen LogP contribution is 2.46. The smallest absolute Gasteiger partial charge is 0.00724 e. The van der Waals surface area contributed by atoms with Gasteiger partial charge in [-0.3, -0.25) is 0 Å². The molecule has 1 heteroatoms. The first-order valence-corrected chi connectivity index (χ1v) is 5.53. The van der Waals surface area contributed by atoms with Crippen LogP contribution in [-0.2, 0) is 0 Å². The van der Waals surface area contributed by atoms with E-state index in [0.29, 0.717) is 0 Å². The average molecular weight is 167 g/mol. The normalized spacial score (nSPS) is 46.5. The van der Waals surface area contributed by atoms with E-state index in [0.717, 1.165) is 30.3 Å². The van der Waals surface area contributed by atoms with E-state index in [1.165, 1.54) is 25.7 Å². The minimum Gasteiger partial charge on any atom is -0.314 e. The number of fused-ring (bicyclic) bond motifs is 1. The van der Waals surface area contributed by atoms with Crippen LogP contribution in [-0.4, -0.2) is 12.6 Å². The van der Waals surface area contributed by atoms with E-state index in [2.05, 4.69) is 19.2 Å². The molecule has 0 aliphatic heterocycles. The van der Waals surface area contributed by atoms with Crippen LogP contribution in [0.15, 0.2) is 0 Å². The van der Waals surface area contributed by atoms with Crippen molar-refractivity contribution in [1.29, 1.82) is 0 Å². The van der Waals surface area contributed by atoms with Crippen LogP contribution < -0.4 is 5.32 Å². The highest BCUT2D eigenvalue weighted by molar-refractivity contribution is 4.92. The molecule has 0 aromatic carbocycles. The maximum atomic E-state index is 3.59. The lowest BCUT2D eigenvalue weighted by molar-refractivity contribution is 0.456. The molecule has 2 unspecified atom stereocenters. The number of hydrogen-bond acceptors (Lipinski definition) is 1. The largest absolute Gasteiger partial charge is 0.314 e. The van der Waals surface area contributed by atoms with Gasteiger partial charge in [-0.05, 0) is 50.0 Å². The SMILES string of the molecule is CCNC1CC2CC(C)CC2C1. The summed E-state index contributed by atoms with van der Waals surface area (Å²) < 4.78 is 0. The number of rotatable bonds is 2. The Kier molecular flexibility index (Phi) is 2.40. The molecule has 2 fully saturated rings. The van der Waals surface area contributed by atoms with E-state index in [9.17, 15) is 0 Å². The predicted molar refractivity (Wildman–Crippen MR) is 52.1 cm³/mol. The lowest BCUT2D eigenvalue weighted by Crippen LogP contribution is -2.26. The van der Waals surface area contributed by atoms with E-state index in [4.69, 9.17) is 0 Å². The van der Waals surface area contributed by atoms with Crippen LogP contribution in [0.5, 0.6) is 0 Å². The third-order valence-corrected chi connectivity index (χ3v) is 3.74. The van der Waals surface area contributed by atoms with E-state index in [-0.39, 0.29) is 0 Å². The van der Waals surface area contributed by atoms with Gasteiger partial charge in [-0.25, -0.2) is 0 Å². The van der Waals surface area contributed by atoms with E-state index in [1.54, 1.807) is 0 Å². The van der Waals surface area contributed by atoms with Crippen LogP contribution in [0, 0.1) is 17.8 Å². The van der Waals surface area contributed by atoms with Gasteiger partial charge in [-0.2, -0.15) is 0 Å². The summed E-state index contributed by atoms with van der Waals surface area (Å²) in [7, 11) is 0. The highest BCUT2D eigenvalue weighted by Gasteiger charge is 2.39. The molecule has 2 rings (SSSR count). The quantitative estimate of drug-likeness (QED) is 0.666. The molecule has 0 aromatic rings. The average Bonchev–Trinajstić information content (AvgIpc) is 2.44. The van der Waals surface area contributed by atoms with Crippen LogP contribution in [0.25, 0.3) is 0 Å². The van der Waals surface area contributed by atoms with Crippen LogP contribution in [0.1, 0.15) is 39.5 Å². The number of nitrogens with one attached hydrogen (secondary N) is 1. The molecule has 0 heterocycles. The van der Waals surface area contributed by atoms with Gasteiger partial charge in [0.1, 0.15) is 0 Å². The summed E-state index contributed by atoms with van der Waals surface area (Å²) in [5.41, 5.74) is 0. The second kappa shape index (κ2) is 3.37. The molecular weight excluding hydrogens is 146 g/mol. The molecule has 2 saturated carbocycles. The van der Waals surface area contributed by atoms with E-state index in [1.807, 2.05) is 0 Å². The van der Waals surface area contributed by atoms with Gasteiger partial charge >= 0.3 is 0 Å². The third-order valence-electron chi connectivity index (χ3n) is 3.74. The summed E-state index contributed by atoms with van der Waals surface area (Å²) in [6.07, 6.45) is 5.94. The van der Waals surface area contributed by atoms with Crippen LogP contribution in [0.3, 0.4) is 0 Å². The molecular formula is C11H21N.